The second kappa shape index (κ2) is 3.83. The first-order valence-corrected chi connectivity index (χ1v) is 7.04. The fourth-order valence-electron chi connectivity index (χ4n) is 4.84. The zero-order chi connectivity index (χ0) is 13.9. The van der Waals surface area contributed by atoms with E-state index in [2.05, 4.69) is 0 Å². The maximum absolute atomic E-state index is 11.9. The number of carbonyl (C=O) groups excluding carboxylic acids is 1. The Morgan fingerprint density at radius 3 is 2.16 bits per heavy atom. The quantitative estimate of drug-likeness (QED) is 0.589. The van der Waals surface area contributed by atoms with Crippen LogP contribution in [0.3, 0.4) is 0 Å². The molecule has 0 aliphatic heterocycles. The second-order valence-electron chi connectivity index (χ2n) is 7.28. The molecule has 2 N–H and O–H groups in total. The molecule has 4 aliphatic carbocycles. The summed E-state index contributed by atoms with van der Waals surface area (Å²) < 4.78 is 5.66. The van der Waals surface area contributed by atoms with Crippen LogP contribution in [0, 0.1) is 5.92 Å². The van der Waals surface area contributed by atoms with Crippen molar-refractivity contribution in [1.29, 1.82) is 0 Å². The standard InChI is InChI=1S/C15H22O4/c1-10(2)3-12(16)19-15-6-11-4-13(17,8-15)7-14(18,5-11)9-15/h3,11,17-18H,4-9H2,1-2H3. The molecule has 0 spiro atoms. The zero-order valence-corrected chi connectivity index (χ0v) is 11.6. The van der Waals surface area contributed by atoms with Crippen molar-refractivity contribution < 1.29 is 19.7 Å². The van der Waals surface area contributed by atoms with E-state index in [1.165, 1.54) is 6.08 Å². The van der Waals surface area contributed by atoms with Gasteiger partial charge in [0, 0.05) is 25.3 Å². The van der Waals surface area contributed by atoms with Crippen LogP contribution in [0.2, 0.25) is 0 Å². The molecular formula is C15H22O4. The molecule has 4 fully saturated rings. The van der Waals surface area contributed by atoms with Gasteiger partial charge >= 0.3 is 5.97 Å². The van der Waals surface area contributed by atoms with Gasteiger partial charge in [0.2, 0.25) is 0 Å². The molecule has 4 aliphatic rings. The zero-order valence-electron chi connectivity index (χ0n) is 11.6. The Bertz CT molecular complexity index is 431. The lowest BCUT2D eigenvalue weighted by Crippen LogP contribution is -2.66. The highest BCUT2D eigenvalue weighted by Crippen LogP contribution is 2.60. The molecule has 0 aromatic heterocycles. The third-order valence-electron chi connectivity index (χ3n) is 4.68. The van der Waals surface area contributed by atoms with Crippen LogP contribution in [0.15, 0.2) is 11.6 Å². The third-order valence-corrected chi connectivity index (χ3v) is 4.68. The second-order valence-corrected chi connectivity index (χ2v) is 7.28. The molecule has 0 aromatic carbocycles. The molecule has 4 bridgehead atoms. The van der Waals surface area contributed by atoms with Crippen LogP contribution in [0.4, 0.5) is 0 Å². The Kier molecular flexibility index (Phi) is 2.64. The van der Waals surface area contributed by atoms with Crippen molar-refractivity contribution in [3.05, 3.63) is 11.6 Å². The molecule has 2 atom stereocenters. The molecule has 0 heterocycles. The van der Waals surface area contributed by atoms with Crippen molar-refractivity contribution in [1.82, 2.24) is 0 Å². The van der Waals surface area contributed by atoms with Gasteiger partial charge in [-0.2, -0.15) is 0 Å². The number of hydrogen-bond donors (Lipinski definition) is 2. The minimum atomic E-state index is -0.848. The van der Waals surface area contributed by atoms with Crippen LogP contribution >= 0.6 is 0 Å². The van der Waals surface area contributed by atoms with E-state index in [1.54, 1.807) is 0 Å². The molecule has 4 heteroatoms. The maximum atomic E-state index is 11.9. The smallest absolute Gasteiger partial charge is 0.331 e. The number of carbonyl (C=O) groups is 1. The summed E-state index contributed by atoms with van der Waals surface area (Å²) in [5.41, 5.74) is -1.46. The van der Waals surface area contributed by atoms with Gasteiger partial charge in [-0.3, -0.25) is 0 Å². The average molecular weight is 266 g/mol. The topological polar surface area (TPSA) is 66.8 Å². The van der Waals surface area contributed by atoms with Gasteiger partial charge in [0.05, 0.1) is 11.2 Å². The van der Waals surface area contributed by atoms with Gasteiger partial charge < -0.3 is 14.9 Å². The van der Waals surface area contributed by atoms with E-state index in [9.17, 15) is 15.0 Å². The first-order chi connectivity index (χ1) is 8.72. The summed E-state index contributed by atoms with van der Waals surface area (Å²) in [4.78, 5) is 11.9. The summed E-state index contributed by atoms with van der Waals surface area (Å²) >= 11 is 0. The number of rotatable bonds is 2. The van der Waals surface area contributed by atoms with Gasteiger partial charge in [0.1, 0.15) is 5.60 Å². The van der Waals surface area contributed by atoms with Crippen LogP contribution in [0.1, 0.15) is 52.4 Å². The number of esters is 1. The lowest BCUT2D eigenvalue weighted by Gasteiger charge is -2.62. The summed E-state index contributed by atoms with van der Waals surface area (Å²) in [6.07, 6.45) is 5.10. The van der Waals surface area contributed by atoms with E-state index in [0.717, 1.165) is 24.8 Å². The molecule has 2 unspecified atom stereocenters. The Hall–Kier alpha value is -0.870. The van der Waals surface area contributed by atoms with E-state index >= 15 is 0 Å². The van der Waals surface area contributed by atoms with Crippen molar-refractivity contribution in [3.63, 3.8) is 0 Å². The van der Waals surface area contributed by atoms with Crippen molar-refractivity contribution in [3.8, 4) is 0 Å². The van der Waals surface area contributed by atoms with Gasteiger partial charge in [0.25, 0.3) is 0 Å². The summed E-state index contributed by atoms with van der Waals surface area (Å²) in [5, 5.41) is 21.1. The number of allylic oxidation sites excluding steroid dienone is 1. The van der Waals surface area contributed by atoms with Crippen LogP contribution in [0.25, 0.3) is 0 Å². The molecule has 19 heavy (non-hydrogen) atoms. The SMILES string of the molecule is CC(C)=CC(=O)OC12CC3CC(O)(CC(O)(C3)C1)C2. The van der Waals surface area contributed by atoms with Crippen molar-refractivity contribution in [2.45, 2.75) is 69.2 Å². The highest BCUT2D eigenvalue weighted by Gasteiger charge is 2.64. The highest BCUT2D eigenvalue weighted by atomic mass is 16.6. The first-order valence-electron chi connectivity index (χ1n) is 7.04. The molecule has 4 rings (SSSR count). The monoisotopic (exact) mass is 266 g/mol. The minimum Gasteiger partial charge on any atom is -0.456 e. The summed E-state index contributed by atoms with van der Waals surface area (Å²) in [6.45, 7) is 3.70. The molecule has 106 valence electrons. The molecular weight excluding hydrogens is 244 g/mol. The molecule has 4 nitrogen and oxygen atoms in total. The fourth-order valence-corrected chi connectivity index (χ4v) is 4.84. The lowest BCUT2D eigenvalue weighted by atomic mass is 9.50. The van der Waals surface area contributed by atoms with E-state index in [1.807, 2.05) is 13.8 Å². The van der Waals surface area contributed by atoms with Crippen LogP contribution in [0.5, 0.6) is 0 Å². The van der Waals surface area contributed by atoms with E-state index in [4.69, 9.17) is 4.74 Å². The summed E-state index contributed by atoms with van der Waals surface area (Å²) in [5.74, 6) is -0.0834. The van der Waals surface area contributed by atoms with Crippen molar-refractivity contribution in [2.24, 2.45) is 5.92 Å². The van der Waals surface area contributed by atoms with Gasteiger partial charge in [0.15, 0.2) is 0 Å². The Morgan fingerprint density at radius 1 is 1.11 bits per heavy atom. The van der Waals surface area contributed by atoms with Gasteiger partial charge in [-0.25, -0.2) is 4.79 Å². The third kappa shape index (κ3) is 2.32. The van der Waals surface area contributed by atoms with Crippen molar-refractivity contribution in [2.75, 3.05) is 0 Å². The van der Waals surface area contributed by atoms with Crippen LogP contribution in [-0.4, -0.2) is 33.0 Å². The van der Waals surface area contributed by atoms with E-state index in [0.29, 0.717) is 19.3 Å². The average Bonchev–Trinajstić information content (AvgIpc) is 2.06. The first kappa shape index (κ1) is 13.1. The maximum Gasteiger partial charge on any atom is 0.331 e. The largest absolute Gasteiger partial charge is 0.456 e. The predicted molar refractivity (Wildman–Crippen MR) is 69.3 cm³/mol. The molecule has 4 saturated carbocycles. The van der Waals surface area contributed by atoms with E-state index < -0.39 is 16.8 Å². The van der Waals surface area contributed by atoms with Crippen LogP contribution < -0.4 is 0 Å². The molecule has 0 amide bonds. The fraction of sp³-hybridized carbons (Fsp3) is 0.800. The minimum absolute atomic E-state index is 0.269. The normalized spacial score (nSPS) is 47.1. The summed E-state index contributed by atoms with van der Waals surface area (Å²) in [6, 6.07) is 0. The predicted octanol–water partition coefficient (Wildman–Crippen LogP) is 1.69. The van der Waals surface area contributed by atoms with Crippen LogP contribution in [-0.2, 0) is 9.53 Å². The van der Waals surface area contributed by atoms with E-state index in [-0.39, 0.29) is 11.9 Å². The number of hydrogen-bond acceptors (Lipinski definition) is 4. The Labute approximate surface area is 113 Å². The summed E-state index contributed by atoms with van der Waals surface area (Å²) in [7, 11) is 0. The number of ether oxygens (including phenoxy) is 1. The molecule has 0 radical (unpaired) electrons. The van der Waals surface area contributed by atoms with Gasteiger partial charge in [-0.1, -0.05) is 5.57 Å². The molecule has 0 aromatic rings. The number of aliphatic hydroxyl groups is 2. The Morgan fingerprint density at radius 2 is 1.68 bits per heavy atom. The highest BCUT2D eigenvalue weighted by molar-refractivity contribution is 5.83. The Balaban J connectivity index is 1.85. The van der Waals surface area contributed by atoms with Gasteiger partial charge in [-0.05, 0) is 39.0 Å². The van der Waals surface area contributed by atoms with Gasteiger partial charge in [-0.15, -0.1) is 0 Å². The van der Waals surface area contributed by atoms with Crippen molar-refractivity contribution >= 4 is 5.97 Å². The molecule has 0 saturated heterocycles. The lowest BCUT2D eigenvalue weighted by molar-refractivity contribution is -0.259.